The van der Waals surface area contributed by atoms with Gasteiger partial charge in [0.25, 0.3) is 0 Å². The summed E-state index contributed by atoms with van der Waals surface area (Å²) in [4.78, 5) is 58.2. The van der Waals surface area contributed by atoms with E-state index >= 15 is 0 Å². The normalized spacial score (nSPS) is 20.6. The summed E-state index contributed by atoms with van der Waals surface area (Å²) in [6.07, 6.45) is 4.79. The molecule has 1 aromatic rings. The summed E-state index contributed by atoms with van der Waals surface area (Å²) in [7, 11) is 0. The van der Waals surface area contributed by atoms with Crippen LogP contribution in [-0.2, 0) is 25.6 Å². The summed E-state index contributed by atoms with van der Waals surface area (Å²) in [6.45, 7) is 12.3. The third-order valence-electron chi connectivity index (χ3n) is 8.87. The van der Waals surface area contributed by atoms with Gasteiger partial charge in [-0.25, -0.2) is 0 Å². The van der Waals surface area contributed by atoms with Crippen LogP contribution in [0, 0.1) is 5.92 Å². The molecule has 9 heteroatoms. The van der Waals surface area contributed by atoms with Gasteiger partial charge in [0.2, 0.25) is 23.6 Å². The number of carbonyl (C=O) groups is 4. The predicted molar refractivity (Wildman–Crippen MR) is 154 cm³/mol. The minimum atomic E-state index is -0.303. The lowest BCUT2D eigenvalue weighted by Crippen LogP contribution is -2.55. The molecule has 2 fully saturated rings. The second-order valence-electron chi connectivity index (χ2n) is 12.1. The summed E-state index contributed by atoms with van der Waals surface area (Å²) in [6, 6.07) is 8.58. The molecule has 2 saturated heterocycles. The number of amides is 4. The Bertz CT molecular complexity index is 1060. The second kappa shape index (κ2) is 13.6. The number of nitrogens with zero attached hydrogens (tertiary/aromatic N) is 4. The van der Waals surface area contributed by atoms with Gasteiger partial charge in [0.1, 0.15) is 0 Å². The Morgan fingerprint density at radius 3 is 2.05 bits per heavy atom. The first kappa shape index (κ1) is 30.0. The second-order valence-corrected chi connectivity index (χ2v) is 12.1. The van der Waals surface area contributed by atoms with Gasteiger partial charge in [0, 0.05) is 65.2 Å². The topological polar surface area (TPSA) is 93.3 Å². The van der Waals surface area contributed by atoms with Crippen LogP contribution in [-0.4, -0.2) is 101 Å². The van der Waals surface area contributed by atoms with Crippen molar-refractivity contribution in [1.82, 2.24) is 24.9 Å². The maximum atomic E-state index is 13.0. The Balaban J connectivity index is 1.27. The number of likely N-dealkylation sites (tertiary alicyclic amines) is 2. The van der Waals surface area contributed by atoms with Gasteiger partial charge in [0.05, 0.1) is 19.0 Å². The largest absolute Gasteiger partial charge is 0.347 e. The first-order valence-electron chi connectivity index (χ1n) is 15.0. The van der Waals surface area contributed by atoms with Gasteiger partial charge >= 0.3 is 0 Å². The van der Waals surface area contributed by atoms with Crippen LogP contribution in [0.15, 0.2) is 24.3 Å². The predicted octanol–water partition coefficient (Wildman–Crippen LogP) is 2.60. The Morgan fingerprint density at radius 1 is 0.875 bits per heavy atom. The van der Waals surface area contributed by atoms with Gasteiger partial charge in [-0.05, 0) is 49.1 Å². The summed E-state index contributed by atoms with van der Waals surface area (Å²) < 4.78 is 0. The van der Waals surface area contributed by atoms with Crippen LogP contribution in [0.5, 0.6) is 0 Å². The molecule has 4 amide bonds. The molecule has 0 saturated carbocycles. The zero-order valence-corrected chi connectivity index (χ0v) is 24.7. The van der Waals surface area contributed by atoms with Crippen molar-refractivity contribution in [3.8, 4) is 0 Å². The molecule has 220 valence electrons. The number of carbonyl (C=O) groups excluding carboxylic acids is 4. The van der Waals surface area contributed by atoms with E-state index in [4.69, 9.17) is 0 Å². The van der Waals surface area contributed by atoms with E-state index in [1.54, 1.807) is 18.7 Å². The highest BCUT2D eigenvalue weighted by Gasteiger charge is 2.34. The number of rotatable bonds is 8. The smallest absolute Gasteiger partial charge is 0.241 e. The van der Waals surface area contributed by atoms with E-state index in [9.17, 15) is 19.2 Å². The van der Waals surface area contributed by atoms with Gasteiger partial charge in [0.15, 0.2) is 0 Å². The maximum Gasteiger partial charge on any atom is 0.241 e. The van der Waals surface area contributed by atoms with Crippen molar-refractivity contribution in [2.75, 3.05) is 45.8 Å². The fourth-order valence-electron chi connectivity index (χ4n) is 6.76. The molecule has 3 aliphatic rings. The molecule has 1 unspecified atom stereocenters. The average molecular weight is 554 g/mol. The maximum absolute atomic E-state index is 13.0. The zero-order valence-electron chi connectivity index (χ0n) is 24.7. The monoisotopic (exact) mass is 553 g/mol. The molecule has 0 aliphatic carbocycles. The van der Waals surface area contributed by atoms with Crippen LogP contribution >= 0.6 is 0 Å². The van der Waals surface area contributed by atoms with Gasteiger partial charge in [-0.2, -0.15) is 0 Å². The summed E-state index contributed by atoms with van der Waals surface area (Å²) in [5.74, 6) is 0.408. The number of benzene rings is 1. The van der Waals surface area contributed by atoms with E-state index < -0.39 is 0 Å². The Labute approximate surface area is 239 Å². The molecular weight excluding hydrogens is 506 g/mol. The highest BCUT2D eigenvalue weighted by atomic mass is 16.2. The number of nitrogens with one attached hydrogen (secondary N) is 1. The van der Waals surface area contributed by atoms with Gasteiger partial charge < -0.3 is 20.0 Å². The Morgan fingerprint density at radius 2 is 1.48 bits per heavy atom. The van der Waals surface area contributed by atoms with E-state index in [0.717, 1.165) is 57.3 Å². The first-order valence-corrected chi connectivity index (χ1v) is 15.0. The molecule has 3 heterocycles. The van der Waals surface area contributed by atoms with Crippen LogP contribution in [0.25, 0.3) is 0 Å². The summed E-state index contributed by atoms with van der Waals surface area (Å²) in [5, 5.41) is 2.83. The van der Waals surface area contributed by atoms with Crippen LogP contribution < -0.4 is 5.32 Å². The minimum Gasteiger partial charge on any atom is -0.347 e. The molecule has 0 aromatic heterocycles. The molecular formula is C31H47N5O4. The van der Waals surface area contributed by atoms with E-state index in [1.807, 2.05) is 28.0 Å². The molecule has 3 aliphatic heterocycles. The van der Waals surface area contributed by atoms with Gasteiger partial charge in [-0.15, -0.1) is 0 Å². The van der Waals surface area contributed by atoms with Crippen molar-refractivity contribution in [1.29, 1.82) is 0 Å². The quantitative estimate of drug-likeness (QED) is 0.534. The molecule has 0 radical (unpaired) electrons. The summed E-state index contributed by atoms with van der Waals surface area (Å²) >= 11 is 0. The van der Waals surface area contributed by atoms with Crippen molar-refractivity contribution in [3.05, 3.63) is 35.4 Å². The third kappa shape index (κ3) is 7.42. The highest BCUT2D eigenvalue weighted by molar-refractivity contribution is 5.85. The average Bonchev–Trinajstić information content (AvgIpc) is 2.94. The standard InChI is InChI=1S/C31H47N5O4/c1-22(2)21-36(26-10-14-33(15-11-26)23(3)37)27-12-16-34(17-13-27)31(40)20-32-30(39)19-29-28-8-6-5-7-25(28)9-18-35(29)24(4)38/h5-8,22,26-27,29H,9-21H2,1-4H3,(H,32,39). The Kier molecular flexibility index (Phi) is 10.2. The lowest BCUT2D eigenvalue weighted by molar-refractivity contribution is -0.136. The number of hydrogen-bond donors (Lipinski definition) is 1. The van der Waals surface area contributed by atoms with E-state index in [0.29, 0.717) is 37.6 Å². The van der Waals surface area contributed by atoms with E-state index in [-0.39, 0.29) is 42.6 Å². The molecule has 1 atom stereocenters. The first-order chi connectivity index (χ1) is 19.1. The fraction of sp³-hybridized carbons (Fsp3) is 0.677. The molecule has 9 nitrogen and oxygen atoms in total. The van der Waals surface area contributed by atoms with Gasteiger partial charge in [-0.3, -0.25) is 24.1 Å². The number of piperidine rings is 2. The lowest BCUT2D eigenvalue weighted by atomic mass is 9.90. The molecule has 1 aromatic carbocycles. The number of hydrogen-bond acceptors (Lipinski definition) is 5. The molecule has 40 heavy (non-hydrogen) atoms. The van der Waals surface area contributed by atoms with E-state index in [1.165, 1.54) is 5.56 Å². The highest BCUT2D eigenvalue weighted by Crippen LogP contribution is 2.32. The SMILES string of the molecule is CC(=O)N1CCC(N(CC(C)C)C2CCN(C(=O)CNC(=O)CC3c4ccccc4CCN3C(C)=O)CC2)CC1. The van der Waals surface area contributed by atoms with Crippen molar-refractivity contribution in [2.24, 2.45) is 5.92 Å². The fourth-order valence-corrected chi connectivity index (χ4v) is 6.76. The van der Waals surface area contributed by atoms with Gasteiger partial charge in [-0.1, -0.05) is 38.1 Å². The molecule has 4 rings (SSSR count). The molecule has 1 N–H and O–H groups in total. The zero-order chi connectivity index (χ0) is 28.8. The van der Waals surface area contributed by atoms with Crippen LogP contribution in [0.1, 0.15) is 77.0 Å². The van der Waals surface area contributed by atoms with Crippen molar-refractivity contribution in [3.63, 3.8) is 0 Å². The van der Waals surface area contributed by atoms with Crippen molar-refractivity contribution < 1.29 is 19.2 Å². The van der Waals surface area contributed by atoms with Crippen LogP contribution in [0.3, 0.4) is 0 Å². The van der Waals surface area contributed by atoms with E-state index in [2.05, 4.69) is 30.1 Å². The number of fused-ring (bicyclic) bond motifs is 1. The Hall–Kier alpha value is -2.94. The van der Waals surface area contributed by atoms with Crippen LogP contribution in [0.2, 0.25) is 0 Å². The minimum absolute atomic E-state index is 0.0167. The molecule has 0 spiro atoms. The lowest BCUT2D eigenvalue weighted by Gasteiger charge is -2.45. The molecule has 0 bridgehead atoms. The van der Waals surface area contributed by atoms with Crippen LogP contribution in [0.4, 0.5) is 0 Å². The third-order valence-corrected chi connectivity index (χ3v) is 8.87. The van der Waals surface area contributed by atoms with Crippen molar-refractivity contribution in [2.45, 2.75) is 84.3 Å². The van der Waals surface area contributed by atoms with Crippen molar-refractivity contribution >= 4 is 23.6 Å². The summed E-state index contributed by atoms with van der Waals surface area (Å²) in [5.41, 5.74) is 2.19.